The Bertz CT molecular complexity index is 249. The largest absolute Gasteiger partial charge is 0.360 e. The molecule has 5 heteroatoms. The molecule has 0 bridgehead atoms. The maximum Gasteiger partial charge on any atom is 0.213 e. The van der Waals surface area contributed by atoms with Crippen molar-refractivity contribution in [1.29, 1.82) is 0 Å². The van der Waals surface area contributed by atoms with Crippen molar-refractivity contribution >= 4 is 10.0 Å². The van der Waals surface area contributed by atoms with Gasteiger partial charge in [-0.25, -0.2) is 8.42 Å². The molecule has 3 unspecified atom stereocenters. The lowest BCUT2D eigenvalue weighted by atomic mass is 10.2. The summed E-state index contributed by atoms with van der Waals surface area (Å²) >= 11 is 0. The van der Waals surface area contributed by atoms with Crippen LogP contribution >= 0.6 is 0 Å². The van der Waals surface area contributed by atoms with Gasteiger partial charge in [-0.2, -0.15) is 4.31 Å². The highest BCUT2D eigenvalue weighted by molar-refractivity contribution is 7.88. The first-order valence-electron chi connectivity index (χ1n) is 3.71. The van der Waals surface area contributed by atoms with Gasteiger partial charge < -0.3 is 4.74 Å². The highest BCUT2D eigenvalue weighted by Crippen LogP contribution is 2.38. The van der Waals surface area contributed by atoms with Gasteiger partial charge in [-0.15, -0.1) is 0 Å². The SMILES string of the molecule is CS(=O)(=O)N1C2CCCOC21. The number of ether oxygens (including phenoxy) is 1. The molecular formula is C6H11NO3S. The number of fused-ring (bicyclic) bond motifs is 1. The van der Waals surface area contributed by atoms with Gasteiger partial charge in [-0.3, -0.25) is 0 Å². The lowest BCUT2D eigenvalue weighted by Gasteiger charge is -2.04. The molecule has 0 amide bonds. The molecule has 2 saturated heterocycles. The first kappa shape index (κ1) is 7.52. The Morgan fingerprint density at radius 3 is 2.73 bits per heavy atom. The minimum absolute atomic E-state index is 0.126. The minimum atomic E-state index is -3.00. The van der Waals surface area contributed by atoms with Crippen LogP contribution in [-0.2, 0) is 14.8 Å². The predicted octanol–water partition coefficient (Wildman–Crippen LogP) is -0.233. The molecule has 0 aromatic heterocycles. The van der Waals surface area contributed by atoms with E-state index in [4.69, 9.17) is 4.74 Å². The Morgan fingerprint density at radius 2 is 2.27 bits per heavy atom. The Kier molecular flexibility index (Phi) is 1.49. The fourth-order valence-corrected chi connectivity index (χ4v) is 2.85. The topological polar surface area (TPSA) is 46.4 Å². The zero-order valence-corrected chi connectivity index (χ0v) is 7.17. The van der Waals surface area contributed by atoms with E-state index in [2.05, 4.69) is 0 Å². The molecule has 2 fully saturated rings. The summed E-state index contributed by atoms with van der Waals surface area (Å²) in [5.41, 5.74) is 0. The van der Waals surface area contributed by atoms with E-state index < -0.39 is 10.0 Å². The molecule has 0 spiro atoms. The van der Waals surface area contributed by atoms with Gasteiger partial charge in [0, 0.05) is 6.61 Å². The molecule has 11 heavy (non-hydrogen) atoms. The Labute approximate surface area is 66.2 Å². The number of hydrogen-bond donors (Lipinski definition) is 0. The molecule has 0 radical (unpaired) electrons. The van der Waals surface area contributed by atoms with Crippen molar-refractivity contribution in [2.45, 2.75) is 25.1 Å². The van der Waals surface area contributed by atoms with Crippen LogP contribution in [0.3, 0.4) is 0 Å². The summed E-state index contributed by atoms with van der Waals surface area (Å²) in [5.74, 6) is 0. The van der Waals surface area contributed by atoms with E-state index in [0.29, 0.717) is 6.61 Å². The van der Waals surface area contributed by atoms with Gasteiger partial charge >= 0.3 is 0 Å². The van der Waals surface area contributed by atoms with E-state index in [1.54, 1.807) is 0 Å². The van der Waals surface area contributed by atoms with Gasteiger partial charge in [0.2, 0.25) is 10.0 Å². The lowest BCUT2D eigenvalue weighted by molar-refractivity contribution is 0.0788. The molecule has 0 saturated carbocycles. The second kappa shape index (κ2) is 2.18. The van der Waals surface area contributed by atoms with E-state index in [1.165, 1.54) is 10.6 Å². The molecule has 4 nitrogen and oxygen atoms in total. The summed E-state index contributed by atoms with van der Waals surface area (Å²) < 4.78 is 28.7. The van der Waals surface area contributed by atoms with Crippen molar-refractivity contribution in [2.75, 3.05) is 12.9 Å². The van der Waals surface area contributed by atoms with E-state index >= 15 is 0 Å². The van der Waals surface area contributed by atoms with E-state index in [-0.39, 0.29) is 12.3 Å². The summed E-state index contributed by atoms with van der Waals surface area (Å²) in [5, 5.41) is 0. The third-order valence-corrected chi connectivity index (χ3v) is 3.38. The fraction of sp³-hybridized carbons (Fsp3) is 1.00. The second-order valence-corrected chi connectivity index (χ2v) is 4.95. The van der Waals surface area contributed by atoms with Crippen molar-refractivity contribution in [2.24, 2.45) is 0 Å². The van der Waals surface area contributed by atoms with Crippen LogP contribution in [-0.4, -0.2) is 37.9 Å². The van der Waals surface area contributed by atoms with Gasteiger partial charge in [0.15, 0.2) is 0 Å². The maximum atomic E-state index is 11.0. The Morgan fingerprint density at radius 1 is 1.55 bits per heavy atom. The second-order valence-electron chi connectivity index (χ2n) is 3.06. The molecular weight excluding hydrogens is 166 g/mol. The average molecular weight is 177 g/mol. The summed E-state index contributed by atoms with van der Waals surface area (Å²) in [7, 11) is -3.00. The molecule has 2 aliphatic rings. The van der Waals surface area contributed by atoms with Gasteiger partial charge in [-0.05, 0) is 12.8 Å². The number of sulfonamides is 1. The van der Waals surface area contributed by atoms with Crippen LogP contribution in [0.15, 0.2) is 0 Å². The summed E-state index contributed by atoms with van der Waals surface area (Å²) in [6, 6.07) is 0.152. The van der Waals surface area contributed by atoms with E-state index in [9.17, 15) is 8.42 Å². The first-order chi connectivity index (χ1) is 5.11. The van der Waals surface area contributed by atoms with Crippen molar-refractivity contribution in [3.63, 3.8) is 0 Å². The molecule has 0 aromatic rings. The van der Waals surface area contributed by atoms with Crippen LogP contribution in [0.1, 0.15) is 12.8 Å². The van der Waals surface area contributed by atoms with E-state index in [0.717, 1.165) is 12.8 Å². The van der Waals surface area contributed by atoms with E-state index in [1.807, 2.05) is 0 Å². The quantitative estimate of drug-likeness (QED) is 0.520. The highest BCUT2D eigenvalue weighted by Gasteiger charge is 2.55. The van der Waals surface area contributed by atoms with Crippen molar-refractivity contribution in [3.05, 3.63) is 0 Å². The molecule has 0 aromatic carbocycles. The maximum absolute atomic E-state index is 11.0. The monoisotopic (exact) mass is 177 g/mol. The fourth-order valence-electron chi connectivity index (χ4n) is 1.62. The zero-order valence-electron chi connectivity index (χ0n) is 6.36. The smallest absolute Gasteiger partial charge is 0.213 e. The number of nitrogens with zero attached hydrogens (tertiary/aromatic N) is 1. The lowest BCUT2D eigenvalue weighted by Crippen LogP contribution is -2.13. The molecule has 2 rings (SSSR count). The zero-order chi connectivity index (χ0) is 8.06. The molecule has 64 valence electrons. The normalized spacial score (nSPS) is 43.2. The third kappa shape index (κ3) is 1.17. The summed E-state index contributed by atoms with van der Waals surface area (Å²) in [6.45, 7) is 0.702. The summed E-state index contributed by atoms with van der Waals surface area (Å²) in [4.78, 5) is 0. The highest BCUT2D eigenvalue weighted by atomic mass is 32.2. The average Bonchev–Trinajstić information content (AvgIpc) is 2.58. The first-order valence-corrected chi connectivity index (χ1v) is 5.55. The Balaban J connectivity index is 2.12. The predicted molar refractivity (Wildman–Crippen MR) is 39.4 cm³/mol. The molecule has 2 aliphatic heterocycles. The van der Waals surface area contributed by atoms with Crippen molar-refractivity contribution in [3.8, 4) is 0 Å². The van der Waals surface area contributed by atoms with Crippen LogP contribution < -0.4 is 0 Å². The summed E-state index contributed by atoms with van der Waals surface area (Å²) in [6.07, 6.45) is 3.04. The van der Waals surface area contributed by atoms with Crippen LogP contribution in [0.4, 0.5) is 0 Å². The number of rotatable bonds is 1. The molecule has 3 atom stereocenters. The Hall–Kier alpha value is -0.130. The standard InChI is InChI=1S/C6H11NO3S/c1-11(8,9)7-5-3-2-4-10-6(5)7/h5-6H,2-4H2,1H3. The van der Waals surface area contributed by atoms with Gasteiger partial charge in [0.05, 0.1) is 12.3 Å². The molecule has 2 heterocycles. The van der Waals surface area contributed by atoms with Gasteiger partial charge in [0.25, 0.3) is 0 Å². The van der Waals surface area contributed by atoms with Crippen molar-refractivity contribution in [1.82, 2.24) is 4.31 Å². The van der Waals surface area contributed by atoms with Crippen LogP contribution in [0, 0.1) is 0 Å². The van der Waals surface area contributed by atoms with Crippen molar-refractivity contribution < 1.29 is 13.2 Å². The van der Waals surface area contributed by atoms with Crippen LogP contribution in [0.25, 0.3) is 0 Å². The molecule has 0 N–H and O–H groups in total. The van der Waals surface area contributed by atoms with Gasteiger partial charge in [-0.1, -0.05) is 0 Å². The minimum Gasteiger partial charge on any atom is -0.360 e. The molecule has 0 aliphatic carbocycles. The van der Waals surface area contributed by atoms with Crippen LogP contribution in [0.2, 0.25) is 0 Å². The third-order valence-electron chi connectivity index (χ3n) is 2.13. The number of hydrogen-bond acceptors (Lipinski definition) is 3. The van der Waals surface area contributed by atoms with Crippen LogP contribution in [0.5, 0.6) is 0 Å². The van der Waals surface area contributed by atoms with Gasteiger partial charge in [0.1, 0.15) is 6.23 Å².